The number of urea groups is 1. The maximum Gasteiger partial charge on any atom is 0.315 e. The number of hydrogen-bond acceptors (Lipinski definition) is 4. The molecule has 0 radical (unpaired) electrons. The van der Waals surface area contributed by atoms with Crippen molar-refractivity contribution in [1.82, 2.24) is 10.6 Å². The molecule has 0 bridgehead atoms. The van der Waals surface area contributed by atoms with E-state index in [1.165, 1.54) is 6.26 Å². The maximum atomic E-state index is 12.2. The van der Waals surface area contributed by atoms with Crippen molar-refractivity contribution in [2.45, 2.75) is 44.4 Å². The highest BCUT2D eigenvalue weighted by atomic mass is 16.5. The molecule has 6 nitrogen and oxygen atoms in total. The molecule has 25 heavy (non-hydrogen) atoms. The second-order valence-electron chi connectivity index (χ2n) is 6.53. The van der Waals surface area contributed by atoms with Gasteiger partial charge in [-0.2, -0.15) is 0 Å². The smallest absolute Gasteiger partial charge is 0.315 e. The van der Waals surface area contributed by atoms with Gasteiger partial charge in [-0.05, 0) is 32.0 Å². The first-order valence-electron chi connectivity index (χ1n) is 8.55. The number of amides is 2. The van der Waals surface area contributed by atoms with E-state index in [-0.39, 0.29) is 24.0 Å². The van der Waals surface area contributed by atoms with E-state index >= 15 is 0 Å². The molecular formula is C19H24N2O4. The number of rotatable bonds is 6. The molecule has 3 rings (SSSR count). The molecule has 0 fully saturated rings. The molecule has 1 aromatic heterocycles. The highest BCUT2D eigenvalue weighted by molar-refractivity contribution is 5.74. The summed E-state index contributed by atoms with van der Waals surface area (Å²) in [6.07, 6.45) is 1.16. The van der Waals surface area contributed by atoms with Crippen molar-refractivity contribution < 1.29 is 19.1 Å². The lowest BCUT2D eigenvalue weighted by molar-refractivity contribution is 0.129. The standard InChI is InChI=1S/C19H24N2O4/c1-12(10-16(22)18-8-5-9-24-18)20-19(23)21-13(2)15-11-25-17-7-4-3-6-14(15)17/h3-9,12-13,15-16,22H,10-11H2,1-2H3,(H2,20,21,23). The summed E-state index contributed by atoms with van der Waals surface area (Å²) >= 11 is 0. The van der Waals surface area contributed by atoms with Gasteiger partial charge in [-0.3, -0.25) is 0 Å². The molecule has 1 aliphatic heterocycles. The molecule has 0 saturated carbocycles. The van der Waals surface area contributed by atoms with Crippen molar-refractivity contribution in [2.24, 2.45) is 0 Å². The molecule has 2 heterocycles. The van der Waals surface area contributed by atoms with Crippen LogP contribution >= 0.6 is 0 Å². The lowest BCUT2D eigenvalue weighted by atomic mass is 9.94. The SMILES string of the molecule is CC(CC(O)c1ccco1)NC(=O)NC(C)C1COc2ccccc21. The van der Waals surface area contributed by atoms with Gasteiger partial charge in [0.15, 0.2) is 0 Å². The summed E-state index contributed by atoms with van der Waals surface area (Å²) < 4.78 is 10.8. The van der Waals surface area contributed by atoms with Crippen molar-refractivity contribution in [3.8, 4) is 5.75 Å². The summed E-state index contributed by atoms with van der Waals surface area (Å²) in [4.78, 5) is 12.2. The minimum atomic E-state index is -0.738. The van der Waals surface area contributed by atoms with Crippen LogP contribution in [0.25, 0.3) is 0 Å². The van der Waals surface area contributed by atoms with Crippen LogP contribution in [0.5, 0.6) is 5.75 Å². The number of aliphatic hydroxyl groups is 1. The van der Waals surface area contributed by atoms with Crippen LogP contribution in [0.4, 0.5) is 4.79 Å². The number of para-hydroxylation sites is 1. The number of carbonyl (C=O) groups is 1. The number of furan rings is 1. The topological polar surface area (TPSA) is 83.7 Å². The minimum absolute atomic E-state index is 0.0640. The van der Waals surface area contributed by atoms with Gasteiger partial charge in [-0.1, -0.05) is 18.2 Å². The van der Waals surface area contributed by atoms with E-state index in [4.69, 9.17) is 9.15 Å². The fourth-order valence-corrected chi connectivity index (χ4v) is 3.16. The molecule has 6 heteroatoms. The average molecular weight is 344 g/mol. The Kier molecular flexibility index (Phi) is 5.28. The van der Waals surface area contributed by atoms with E-state index in [0.29, 0.717) is 18.8 Å². The lowest BCUT2D eigenvalue weighted by Gasteiger charge is -2.22. The Bertz CT molecular complexity index is 701. The Hall–Kier alpha value is -2.47. The first-order valence-corrected chi connectivity index (χ1v) is 8.55. The highest BCUT2D eigenvalue weighted by Crippen LogP contribution is 2.35. The van der Waals surface area contributed by atoms with Gasteiger partial charge in [0.1, 0.15) is 17.6 Å². The zero-order valence-electron chi connectivity index (χ0n) is 14.4. The van der Waals surface area contributed by atoms with Gasteiger partial charge in [-0.25, -0.2) is 4.79 Å². The number of nitrogens with one attached hydrogen (secondary N) is 2. The van der Waals surface area contributed by atoms with Crippen molar-refractivity contribution in [1.29, 1.82) is 0 Å². The fraction of sp³-hybridized carbons (Fsp3) is 0.421. The molecule has 2 amide bonds. The van der Waals surface area contributed by atoms with Crippen molar-refractivity contribution in [3.05, 3.63) is 54.0 Å². The Labute approximate surface area is 147 Å². The lowest BCUT2D eigenvalue weighted by Crippen LogP contribution is -2.46. The van der Waals surface area contributed by atoms with Crippen LogP contribution in [-0.4, -0.2) is 29.8 Å². The molecule has 0 saturated heterocycles. The molecule has 0 spiro atoms. The number of aliphatic hydroxyl groups excluding tert-OH is 1. The summed E-state index contributed by atoms with van der Waals surface area (Å²) in [5.74, 6) is 1.52. The van der Waals surface area contributed by atoms with E-state index in [1.54, 1.807) is 12.1 Å². The van der Waals surface area contributed by atoms with Gasteiger partial charge in [-0.15, -0.1) is 0 Å². The van der Waals surface area contributed by atoms with Gasteiger partial charge in [0.2, 0.25) is 0 Å². The third kappa shape index (κ3) is 4.14. The zero-order valence-corrected chi connectivity index (χ0v) is 14.4. The predicted molar refractivity (Wildman–Crippen MR) is 93.6 cm³/mol. The van der Waals surface area contributed by atoms with Crippen LogP contribution in [0.2, 0.25) is 0 Å². The summed E-state index contributed by atoms with van der Waals surface area (Å²) in [6.45, 7) is 4.38. The molecule has 1 aliphatic rings. The van der Waals surface area contributed by atoms with Crippen molar-refractivity contribution in [2.75, 3.05) is 6.61 Å². The van der Waals surface area contributed by atoms with Crippen LogP contribution < -0.4 is 15.4 Å². The minimum Gasteiger partial charge on any atom is -0.493 e. The Morgan fingerprint density at radius 2 is 2.04 bits per heavy atom. The summed E-state index contributed by atoms with van der Waals surface area (Å²) in [5, 5.41) is 15.9. The van der Waals surface area contributed by atoms with Crippen molar-refractivity contribution in [3.63, 3.8) is 0 Å². The second kappa shape index (κ2) is 7.61. The normalized spacial score (nSPS) is 19.4. The molecule has 0 aliphatic carbocycles. The predicted octanol–water partition coefficient (Wildman–Crippen LogP) is 2.96. The third-order valence-corrected chi connectivity index (χ3v) is 4.53. The Balaban J connectivity index is 1.49. The van der Waals surface area contributed by atoms with E-state index in [0.717, 1.165) is 11.3 Å². The van der Waals surface area contributed by atoms with Crippen LogP contribution in [0, 0.1) is 0 Å². The Morgan fingerprint density at radius 1 is 1.24 bits per heavy atom. The molecular weight excluding hydrogens is 320 g/mol. The van der Waals surface area contributed by atoms with Crippen molar-refractivity contribution >= 4 is 6.03 Å². The molecule has 1 aromatic carbocycles. The number of hydrogen-bond donors (Lipinski definition) is 3. The number of fused-ring (bicyclic) bond motifs is 1. The molecule has 4 unspecified atom stereocenters. The molecule has 2 aromatic rings. The summed E-state index contributed by atoms with van der Waals surface area (Å²) in [6, 6.07) is 10.8. The Morgan fingerprint density at radius 3 is 2.80 bits per heavy atom. The van der Waals surface area contributed by atoms with Gasteiger partial charge in [0.25, 0.3) is 0 Å². The second-order valence-corrected chi connectivity index (χ2v) is 6.53. The number of ether oxygens (including phenoxy) is 1. The van der Waals surface area contributed by atoms with E-state index < -0.39 is 6.10 Å². The van der Waals surface area contributed by atoms with Crippen LogP contribution in [0.3, 0.4) is 0 Å². The van der Waals surface area contributed by atoms with Gasteiger partial charge in [0, 0.05) is 30.0 Å². The van der Waals surface area contributed by atoms with E-state index in [9.17, 15) is 9.90 Å². The molecule has 3 N–H and O–H groups in total. The average Bonchev–Trinajstić information content (AvgIpc) is 3.24. The largest absolute Gasteiger partial charge is 0.493 e. The zero-order chi connectivity index (χ0) is 17.8. The van der Waals surface area contributed by atoms with Gasteiger partial charge >= 0.3 is 6.03 Å². The summed E-state index contributed by atoms with van der Waals surface area (Å²) in [7, 11) is 0. The first kappa shape index (κ1) is 17.4. The van der Waals surface area contributed by atoms with Gasteiger partial charge < -0.3 is 24.9 Å². The summed E-state index contributed by atoms with van der Waals surface area (Å²) in [5.41, 5.74) is 1.12. The highest BCUT2D eigenvalue weighted by Gasteiger charge is 2.29. The quantitative estimate of drug-likeness (QED) is 0.752. The fourth-order valence-electron chi connectivity index (χ4n) is 3.16. The van der Waals surface area contributed by atoms with Crippen LogP contribution in [-0.2, 0) is 0 Å². The maximum absolute atomic E-state index is 12.2. The van der Waals surface area contributed by atoms with E-state index in [1.807, 2.05) is 38.1 Å². The van der Waals surface area contributed by atoms with Gasteiger partial charge in [0.05, 0.1) is 12.9 Å². The molecule has 4 atom stereocenters. The third-order valence-electron chi connectivity index (χ3n) is 4.53. The molecule has 134 valence electrons. The number of carbonyl (C=O) groups excluding carboxylic acids is 1. The first-order chi connectivity index (χ1) is 12.0. The van der Waals surface area contributed by atoms with E-state index in [2.05, 4.69) is 10.6 Å². The van der Waals surface area contributed by atoms with Crippen LogP contribution in [0.15, 0.2) is 47.1 Å². The monoisotopic (exact) mass is 344 g/mol. The van der Waals surface area contributed by atoms with Crippen LogP contribution in [0.1, 0.15) is 43.6 Å². The number of benzene rings is 1.